The van der Waals surface area contributed by atoms with Crippen LogP contribution in [0, 0.1) is 19.8 Å². The fourth-order valence-electron chi connectivity index (χ4n) is 2.74. The van der Waals surface area contributed by atoms with Crippen molar-refractivity contribution in [3.05, 3.63) is 58.6 Å². The smallest absolute Gasteiger partial charge is 0.264 e. The maximum Gasteiger partial charge on any atom is 0.264 e. The third-order valence-corrected chi connectivity index (χ3v) is 9.13. The molecular weight excluding hydrogens is 500 g/mol. The number of aromatic nitrogens is 2. The van der Waals surface area contributed by atoms with Gasteiger partial charge in [0.2, 0.25) is 11.0 Å². The van der Waals surface area contributed by atoms with E-state index in [2.05, 4.69) is 29.4 Å². The van der Waals surface area contributed by atoms with Gasteiger partial charge in [-0.3, -0.25) is 14.4 Å². The van der Waals surface area contributed by atoms with Crippen LogP contribution in [-0.2, 0) is 14.8 Å². The van der Waals surface area contributed by atoms with Crippen LogP contribution in [0.5, 0.6) is 0 Å². The summed E-state index contributed by atoms with van der Waals surface area (Å²) in [7, 11) is -4.02. The molecule has 0 unspecified atom stereocenters. The van der Waals surface area contributed by atoms with Crippen LogP contribution in [0.1, 0.15) is 25.0 Å². The molecule has 1 aromatic heterocycles. The molecule has 1 heterocycles. The number of anilines is 2. The Bertz CT molecular complexity index is 1230. The Balaban J connectivity index is 1.86. The molecule has 3 rings (SSSR count). The molecule has 0 aliphatic rings. The number of thioether (sulfide) groups is 1. The first kappa shape index (κ1) is 25.5. The molecule has 7 nitrogen and oxygen atoms in total. The minimum atomic E-state index is -4.02. The zero-order chi connectivity index (χ0) is 24.2. The molecule has 11 heteroatoms. The van der Waals surface area contributed by atoms with E-state index < -0.39 is 22.5 Å². The molecule has 0 aliphatic heterocycles. The molecular formula is C22H25ClN4O3S3. The van der Waals surface area contributed by atoms with Crippen LogP contribution in [0.2, 0.25) is 5.02 Å². The number of halogens is 1. The van der Waals surface area contributed by atoms with Crippen molar-refractivity contribution in [1.82, 2.24) is 10.2 Å². The SMILES string of the molecule is Cc1ccc(S(=O)(=O)N(CC(=O)Nc2nnc(SCC(C)C)s2)c2ccc(C)c(Cl)c2)cc1. The van der Waals surface area contributed by atoms with Crippen LogP contribution in [0.3, 0.4) is 0 Å². The van der Waals surface area contributed by atoms with Crippen molar-refractivity contribution in [2.24, 2.45) is 5.92 Å². The highest BCUT2D eigenvalue weighted by atomic mass is 35.5. The van der Waals surface area contributed by atoms with Gasteiger partial charge in [-0.25, -0.2) is 8.42 Å². The number of hydrogen-bond acceptors (Lipinski definition) is 7. The zero-order valence-corrected chi connectivity index (χ0v) is 21.9. The van der Waals surface area contributed by atoms with Gasteiger partial charge in [-0.15, -0.1) is 10.2 Å². The van der Waals surface area contributed by atoms with Gasteiger partial charge in [0.25, 0.3) is 10.0 Å². The fraction of sp³-hybridized carbons (Fsp3) is 0.318. The Morgan fingerprint density at radius 1 is 1.15 bits per heavy atom. The highest BCUT2D eigenvalue weighted by Gasteiger charge is 2.28. The van der Waals surface area contributed by atoms with E-state index in [1.807, 2.05) is 13.8 Å². The lowest BCUT2D eigenvalue weighted by Gasteiger charge is -2.24. The molecule has 0 saturated carbocycles. The van der Waals surface area contributed by atoms with Crippen LogP contribution in [0.15, 0.2) is 51.7 Å². The maximum absolute atomic E-state index is 13.5. The molecule has 33 heavy (non-hydrogen) atoms. The van der Waals surface area contributed by atoms with Gasteiger partial charge in [-0.2, -0.15) is 0 Å². The number of amides is 1. The summed E-state index contributed by atoms with van der Waals surface area (Å²) in [6.07, 6.45) is 0. The van der Waals surface area contributed by atoms with Crippen molar-refractivity contribution in [2.45, 2.75) is 36.9 Å². The first-order chi connectivity index (χ1) is 15.6. The summed E-state index contributed by atoms with van der Waals surface area (Å²) in [5.41, 5.74) is 2.03. The predicted molar refractivity (Wildman–Crippen MR) is 136 cm³/mol. The van der Waals surface area contributed by atoms with E-state index in [9.17, 15) is 13.2 Å². The molecule has 0 fully saturated rings. The van der Waals surface area contributed by atoms with Gasteiger partial charge in [-0.1, -0.05) is 72.3 Å². The number of carbonyl (C=O) groups is 1. The van der Waals surface area contributed by atoms with E-state index in [1.165, 1.54) is 23.5 Å². The second-order valence-electron chi connectivity index (χ2n) is 7.88. The number of rotatable bonds is 9. The summed E-state index contributed by atoms with van der Waals surface area (Å²) in [5, 5.41) is 11.5. The van der Waals surface area contributed by atoms with Crippen molar-refractivity contribution in [3.63, 3.8) is 0 Å². The average molecular weight is 525 g/mol. The number of carbonyl (C=O) groups excluding carboxylic acids is 1. The van der Waals surface area contributed by atoms with Gasteiger partial charge in [0.15, 0.2) is 4.34 Å². The van der Waals surface area contributed by atoms with Crippen molar-refractivity contribution >= 4 is 61.4 Å². The molecule has 0 aliphatic carbocycles. The molecule has 3 aromatic rings. The van der Waals surface area contributed by atoms with Gasteiger partial charge >= 0.3 is 0 Å². The first-order valence-corrected chi connectivity index (χ1v) is 13.8. The normalized spacial score (nSPS) is 11.6. The Kier molecular flexibility index (Phi) is 8.38. The van der Waals surface area contributed by atoms with E-state index in [0.717, 1.165) is 25.5 Å². The first-order valence-electron chi connectivity index (χ1n) is 10.2. The molecule has 1 amide bonds. The minimum absolute atomic E-state index is 0.0842. The number of nitrogens with one attached hydrogen (secondary N) is 1. The highest BCUT2D eigenvalue weighted by molar-refractivity contribution is 8.01. The second kappa shape index (κ2) is 10.9. The van der Waals surface area contributed by atoms with Gasteiger partial charge in [0.05, 0.1) is 10.6 Å². The van der Waals surface area contributed by atoms with Crippen molar-refractivity contribution in [2.75, 3.05) is 21.9 Å². The Labute approximate surface area is 207 Å². The Hall–Kier alpha value is -2.14. The summed E-state index contributed by atoms with van der Waals surface area (Å²) in [4.78, 5) is 12.9. The van der Waals surface area contributed by atoms with E-state index >= 15 is 0 Å². The third kappa shape index (κ3) is 6.69. The highest BCUT2D eigenvalue weighted by Crippen LogP contribution is 2.29. The summed E-state index contributed by atoms with van der Waals surface area (Å²) in [6.45, 7) is 7.47. The number of benzene rings is 2. The summed E-state index contributed by atoms with van der Waals surface area (Å²) in [6, 6.07) is 11.4. The van der Waals surface area contributed by atoms with Gasteiger partial charge < -0.3 is 0 Å². The minimum Gasteiger partial charge on any atom is -0.299 e. The average Bonchev–Trinajstić information content (AvgIpc) is 3.20. The lowest BCUT2D eigenvalue weighted by atomic mass is 10.2. The van der Waals surface area contributed by atoms with E-state index in [1.54, 1.807) is 42.1 Å². The summed E-state index contributed by atoms with van der Waals surface area (Å²) < 4.78 is 28.7. The Morgan fingerprint density at radius 2 is 1.85 bits per heavy atom. The van der Waals surface area contributed by atoms with Crippen LogP contribution in [0.25, 0.3) is 0 Å². The van der Waals surface area contributed by atoms with Crippen molar-refractivity contribution in [3.8, 4) is 0 Å². The molecule has 0 bridgehead atoms. The van der Waals surface area contributed by atoms with Crippen LogP contribution in [0.4, 0.5) is 10.8 Å². The molecule has 176 valence electrons. The molecule has 0 spiro atoms. The number of aryl methyl sites for hydroxylation is 2. The third-order valence-electron chi connectivity index (χ3n) is 4.53. The summed E-state index contributed by atoms with van der Waals surface area (Å²) in [5.74, 6) is 0.858. The van der Waals surface area contributed by atoms with Gasteiger partial charge in [0.1, 0.15) is 6.54 Å². The topological polar surface area (TPSA) is 92.3 Å². The van der Waals surface area contributed by atoms with Crippen LogP contribution in [-0.4, -0.2) is 36.8 Å². The molecule has 0 atom stereocenters. The summed E-state index contributed by atoms with van der Waals surface area (Å²) >= 11 is 9.08. The maximum atomic E-state index is 13.5. The second-order valence-corrected chi connectivity index (χ2v) is 12.4. The zero-order valence-electron chi connectivity index (χ0n) is 18.7. The standard InChI is InChI=1S/C22H25ClN4O3S3/c1-14(2)13-31-22-26-25-21(32-22)24-20(28)12-27(17-8-7-16(4)19(23)11-17)33(29,30)18-9-5-15(3)6-10-18/h5-11,14H,12-13H2,1-4H3,(H,24,25,28). The van der Waals surface area contributed by atoms with Gasteiger partial charge in [-0.05, 0) is 49.6 Å². The predicted octanol–water partition coefficient (Wildman–Crippen LogP) is 5.39. The lowest BCUT2D eigenvalue weighted by molar-refractivity contribution is -0.114. The molecule has 0 saturated heterocycles. The molecule has 1 N–H and O–H groups in total. The monoisotopic (exact) mass is 524 g/mol. The van der Waals surface area contributed by atoms with E-state index in [4.69, 9.17) is 11.6 Å². The van der Waals surface area contributed by atoms with E-state index in [-0.39, 0.29) is 4.90 Å². The number of sulfonamides is 1. The van der Waals surface area contributed by atoms with Crippen molar-refractivity contribution < 1.29 is 13.2 Å². The molecule has 2 aromatic carbocycles. The van der Waals surface area contributed by atoms with Gasteiger partial charge in [0, 0.05) is 10.8 Å². The molecule has 0 radical (unpaired) electrons. The van der Waals surface area contributed by atoms with Crippen LogP contribution < -0.4 is 9.62 Å². The lowest BCUT2D eigenvalue weighted by Crippen LogP contribution is -2.38. The Morgan fingerprint density at radius 3 is 2.48 bits per heavy atom. The number of nitrogens with zero attached hydrogens (tertiary/aromatic N) is 3. The largest absolute Gasteiger partial charge is 0.299 e. The van der Waals surface area contributed by atoms with Crippen molar-refractivity contribution in [1.29, 1.82) is 0 Å². The van der Waals surface area contributed by atoms with Crippen LogP contribution >= 0.6 is 34.7 Å². The fourth-order valence-corrected chi connectivity index (χ4v) is 6.07. The number of hydrogen-bond donors (Lipinski definition) is 1. The van der Waals surface area contributed by atoms with E-state index in [0.29, 0.717) is 21.8 Å². The quantitative estimate of drug-likeness (QED) is 0.298.